The summed E-state index contributed by atoms with van der Waals surface area (Å²) in [6.45, 7) is 0. The van der Waals surface area contributed by atoms with Gasteiger partial charge in [0.1, 0.15) is 0 Å². The molecule has 1 saturated carbocycles. The van der Waals surface area contributed by atoms with E-state index in [1.54, 1.807) is 6.20 Å². The Hall–Kier alpha value is -3.53. The maximum absolute atomic E-state index is 13.0. The number of carbonyl (C=O) groups excluding carboxylic acids is 1. The topological polar surface area (TPSA) is 54.9 Å². The van der Waals surface area contributed by atoms with Crippen LogP contribution in [-0.2, 0) is 17.6 Å². The van der Waals surface area contributed by atoms with Gasteiger partial charge in [-0.2, -0.15) is 0 Å². The van der Waals surface area contributed by atoms with Gasteiger partial charge < -0.3 is 5.32 Å². The van der Waals surface area contributed by atoms with Gasteiger partial charge in [-0.05, 0) is 35.1 Å². The second kappa shape index (κ2) is 10.6. The fraction of sp³-hybridized carbons (Fsp3) is 0.300. The molecule has 4 aromatic rings. The number of hydrogen-bond acceptors (Lipinski definition) is 3. The first-order valence-corrected chi connectivity index (χ1v) is 12.4. The van der Waals surface area contributed by atoms with E-state index in [2.05, 4.69) is 34.6 Å². The second-order valence-electron chi connectivity index (χ2n) is 9.37. The zero-order valence-corrected chi connectivity index (χ0v) is 19.5. The standard InChI is InChI=1S/C30H31N3O/c34-29(20-23-15-17-24-11-7-8-14-26(24)19-23)33-30-27(18-16-22-9-3-1-4-10-22)32-28(21-31-30)25-12-5-2-6-13-25/h2,5-8,11-15,17,19,21-22H,1,3-4,9-10,16,18,20H2,(H,31,33,34). The molecule has 0 aliphatic heterocycles. The summed E-state index contributed by atoms with van der Waals surface area (Å²) in [5, 5.41) is 5.39. The number of nitrogens with zero attached hydrogens (tertiary/aromatic N) is 2. The highest BCUT2D eigenvalue weighted by Crippen LogP contribution is 2.29. The first-order valence-electron chi connectivity index (χ1n) is 12.4. The summed E-state index contributed by atoms with van der Waals surface area (Å²) >= 11 is 0. The van der Waals surface area contributed by atoms with E-state index in [-0.39, 0.29) is 5.91 Å². The number of nitrogens with one attached hydrogen (secondary N) is 1. The minimum Gasteiger partial charge on any atom is -0.309 e. The van der Waals surface area contributed by atoms with Gasteiger partial charge in [0.2, 0.25) is 5.91 Å². The Morgan fingerprint density at radius 1 is 0.882 bits per heavy atom. The lowest BCUT2D eigenvalue weighted by atomic mass is 9.86. The minimum atomic E-state index is -0.0593. The maximum atomic E-state index is 13.0. The van der Waals surface area contributed by atoms with Crippen molar-refractivity contribution in [3.05, 3.63) is 90.3 Å². The van der Waals surface area contributed by atoms with E-state index in [9.17, 15) is 4.79 Å². The minimum absolute atomic E-state index is 0.0593. The van der Waals surface area contributed by atoms with Crippen molar-refractivity contribution in [2.24, 2.45) is 5.92 Å². The normalized spacial score (nSPS) is 14.2. The van der Waals surface area contributed by atoms with E-state index in [0.29, 0.717) is 12.2 Å². The van der Waals surface area contributed by atoms with Crippen molar-refractivity contribution in [1.29, 1.82) is 0 Å². The molecule has 1 aliphatic rings. The Morgan fingerprint density at radius 2 is 1.65 bits per heavy atom. The number of amides is 1. The molecule has 0 unspecified atom stereocenters. The van der Waals surface area contributed by atoms with Gasteiger partial charge in [0, 0.05) is 5.56 Å². The Kier molecular flexibility index (Phi) is 6.94. The lowest BCUT2D eigenvalue weighted by molar-refractivity contribution is -0.115. The third kappa shape index (κ3) is 5.51. The van der Waals surface area contributed by atoms with E-state index in [4.69, 9.17) is 4.98 Å². The molecule has 4 nitrogen and oxygen atoms in total. The third-order valence-corrected chi connectivity index (χ3v) is 6.86. The highest BCUT2D eigenvalue weighted by molar-refractivity contribution is 5.93. The van der Waals surface area contributed by atoms with Crippen molar-refractivity contribution in [2.45, 2.75) is 51.4 Å². The molecular formula is C30H31N3O. The van der Waals surface area contributed by atoms with Crippen molar-refractivity contribution in [2.75, 3.05) is 5.32 Å². The molecule has 1 aliphatic carbocycles. The van der Waals surface area contributed by atoms with Crippen LogP contribution in [0.25, 0.3) is 22.0 Å². The molecule has 0 atom stereocenters. The molecule has 172 valence electrons. The summed E-state index contributed by atoms with van der Waals surface area (Å²) in [7, 11) is 0. The molecule has 5 rings (SSSR count). The lowest BCUT2D eigenvalue weighted by Crippen LogP contribution is -2.18. The fourth-order valence-corrected chi connectivity index (χ4v) is 4.98. The fourth-order valence-electron chi connectivity index (χ4n) is 4.98. The quantitative estimate of drug-likeness (QED) is 0.331. The predicted molar refractivity (Wildman–Crippen MR) is 139 cm³/mol. The van der Waals surface area contributed by atoms with Gasteiger partial charge in [-0.1, -0.05) is 105 Å². The molecule has 0 radical (unpaired) electrons. The Balaban J connectivity index is 1.34. The monoisotopic (exact) mass is 449 g/mol. The number of aryl methyl sites for hydroxylation is 1. The summed E-state index contributed by atoms with van der Waals surface area (Å²) in [6, 6.07) is 24.5. The van der Waals surface area contributed by atoms with E-state index in [1.807, 2.05) is 48.5 Å². The number of anilines is 1. The largest absolute Gasteiger partial charge is 0.309 e. The van der Waals surface area contributed by atoms with Crippen molar-refractivity contribution < 1.29 is 4.79 Å². The molecule has 1 N–H and O–H groups in total. The van der Waals surface area contributed by atoms with Crippen molar-refractivity contribution in [3.8, 4) is 11.3 Å². The molecule has 1 fully saturated rings. The third-order valence-electron chi connectivity index (χ3n) is 6.86. The highest BCUT2D eigenvalue weighted by atomic mass is 16.1. The zero-order chi connectivity index (χ0) is 23.2. The first-order chi connectivity index (χ1) is 16.7. The van der Waals surface area contributed by atoms with Gasteiger partial charge in [0.05, 0.1) is 24.0 Å². The smallest absolute Gasteiger partial charge is 0.229 e. The molecular weight excluding hydrogens is 418 g/mol. The molecule has 1 amide bonds. The number of fused-ring (bicyclic) bond motifs is 1. The van der Waals surface area contributed by atoms with Crippen LogP contribution in [0.2, 0.25) is 0 Å². The molecule has 34 heavy (non-hydrogen) atoms. The highest BCUT2D eigenvalue weighted by Gasteiger charge is 2.17. The average molecular weight is 450 g/mol. The van der Waals surface area contributed by atoms with Gasteiger partial charge in [-0.15, -0.1) is 0 Å². The predicted octanol–water partition coefficient (Wildman–Crippen LogP) is 6.99. The summed E-state index contributed by atoms with van der Waals surface area (Å²) in [5.41, 5.74) is 3.78. The SMILES string of the molecule is O=C(Cc1ccc2ccccc2c1)Nc1ncc(-c2ccccc2)nc1CCC1CCCCC1. The van der Waals surface area contributed by atoms with Gasteiger partial charge >= 0.3 is 0 Å². The Labute approximate surface area is 201 Å². The van der Waals surface area contributed by atoms with Gasteiger partial charge in [0.25, 0.3) is 0 Å². The number of carbonyl (C=O) groups is 1. The van der Waals surface area contributed by atoms with Crippen LogP contribution in [0.5, 0.6) is 0 Å². The first kappa shape index (κ1) is 22.3. The zero-order valence-electron chi connectivity index (χ0n) is 19.5. The summed E-state index contributed by atoms with van der Waals surface area (Å²) < 4.78 is 0. The van der Waals surface area contributed by atoms with E-state index >= 15 is 0 Å². The van der Waals surface area contributed by atoms with Gasteiger partial charge in [-0.3, -0.25) is 4.79 Å². The van der Waals surface area contributed by atoms with Crippen molar-refractivity contribution in [1.82, 2.24) is 9.97 Å². The van der Waals surface area contributed by atoms with E-state index in [0.717, 1.165) is 46.7 Å². The van der Waals surface area contributed by atoms with E-state index < -0.39 is 0 Å². The lowest BCUT2D eigenvalue weighted by Gasteiger charge is -2.21. The van der Waals surface area contributed by atoms with Crippen LogP contribution in [0.3, 0.4) is 0 Å². The Bertz CT molecular complexity index is 1260. The molecule has 0 spiro atoms. The maximum Gasteiger partial charge on any atom is 0.229 e. The van der Waals surface area contributed by atoms with Crippen LogP contribution < -0.4 is 5.32 Å². The molecule has 1 aromatic heterocycles. The second-order valence-corrected chi connectivity index (χ2v) is 9.37. The van der Waals surface area contributed by atoms with Crippen LogP contribution >= 0.6 is 0 Å². The van der Waals surface area contributed by atoms with Crippen LogP contribution in [0.1, 0.15) is 49.8 Å². The summed E-state index contributed by atoms with van der Waals surface area (Å²) in [6.07, 6.45) is 10.6. The summed E-state index contributed by atoms with van der Waals surface area (Å²) in [4.78, 5) is 22.6. The number of aromatic nitrogens is 2. The summed E-state index contributed by atoms with van der Waals surface area (Å²) in [5.74, 6) is 1.29. The van der Waals surface area contributed by atoms with Crippen molar-refractivity contribution >= 4 is 22.5 Å². The molecule has 0 bridgehead atoms. The molecule has 3 aromatic carbocycles. The van der Waals surface area contributed by atoms with Gasteiger partial charge in [0.15, 0.2) is 5.82 Å². The van der Waals surface area contributed by atoms with Crippen LogP contribution in [0.15, 0.2) is 79.0 Å². The molecule has 4 heteroatoms. The number of benzene rings is 3. The van der Waals surface area contributed by atoms with Crippen LogP contribution in [0, 0.1) is 5.92 Å². The number of hydrogen-bond donors (Lipinski definition) is 1. The Morgan fingerprint density at radius 3 is 2.47 bits per heavy atom. The van der Waals surface area contributed by atoms with Crippen molar-refractivity contribution in [3.63, 3.8) is 0 Å². The molecule has 0 saturated heterocycles. The van der Waals surface area contributed by atoms with Gasteiger partial charge in [-0.25, -0.2) is 9.97 Å². The van der Waals surface area contributed by atoms with Crippen LogP contribution in [0.4, 0.5) is 5.82 Å². The number of rotatable bonds is 7. The molecule has 1 heterocycles. The average Bonchev–Trinajstić information content (AvgIpc) is 2.89. The van der Waals surface area contributed by atoms with E-state index in [1.165, 1.54) is 37.5 Å². The van der Waals surface area contributed by atoms with Crippen LogP contribution in [-0.4, -0.2) is 15.9 Å².